The summed E-state index contributed by atoms with van der Waals surface area (Å²) in [7, 11) is 0. The summed E-state index contributed by atoms with van der Waals surface area (Å²) in [6.45, 7) is 2.46. The number of thioether (sulfide) groups is 1. The number of amidine groups is 1. The van der Waals surface area contributed by atoms with E-state index in [4.69, 9.17) is 13.9 Å². The van der Waals surface area contributed by atoms with E-state index in [1.54, 1.807) is 30.5 Å². The van der Waals surface area contributed by atoms with Gasteiger partial charge in [0.1, 0.15) is 11.5 Å². The second kappa shape index (κ2) is 9.48. The molecule has 0 aliphatic carbocycles. The molecular formula is C25H21N3O5S. The molecule has 2 aliphatic rings. The highest BCUT2D eigenvalue weighted by molar-refractivity contribution is 8.14. The zero-order chi connectivity index (χ0) is 23.5. The van der Waals surface area contributed by atoms with Crippen LogP contribution in [0.3, 0.4) is 0 Å². The van der Waals surface area contributed by atoms with Crippen molar-refractivity contribution in [1.29, 1.82) is 0 Å². The lowest BCUT2D eigenvalue weighted by atomic mass is 10.1. The van der Waals surface area contributed by atoms with Gasteiger partial charge in [-0.15, -0.1) is 0 Å². The molecule has 0 radical (unpaired) electrons. The summed E-state index contributed by atoms with van der Waals surface area (Å²) in [5.41, 5.74) is 2.81. The molecule has 5 rings (SSSR count). The first-order valence-electron chi connectivity index (χ1n) is 10.6. The van der Waals surface area contributed by atoms with Gasteiger partial charge in [0, 0.05) is 0 Å². The number of hydrogen-bond acceptors (Lipinski definition) is 7. The fraction of sp³-hybridized carbons (Fsp3) is 0.160. The van der Waals surface area contributed by atoms with Crippen molar-refractivity contribution in [3.8, 4) is 11.5 Å². The van der Waals surface area contributed by atoms with Crippen LogP contribution in [-0.4, -0.2) is 29.5 Å². The van der Waals surface area contributed by atoms with Gasteiger partial charge in [-0.1, -0.05) is 35.5 Å². The number of fused-ring (bicyclic) bond motifs is 1. The first-order chi connectivity index (χ1) is 16.6. The van der Waals surface area contributed by atoms with Gasteiger partial charge in [-0.2, -0.15) is 0 Å². The molecular weight excluding hydrogens is 454 g/mol. The van der Waals surface area contributed by atoms with Crippen LogP contribution < -0.4 is 19.7 Å². The van der Waals surface area contributed by atoms with Gasteiger partial charge < -0.3 is 19.2 Å². The number of carbonyl (C=O) groups excluding carboxylic acids is 2. The third-order valence-electron chi connectivity index (χ3n) is 5.19. The summed E-state index contributed by atoms with van der Waals surface area (Å²) in [6, 6.07) is 16.6. The number of anilines is 1. The van der Waals surface area contributed by atoms with Gasteiger partial charge in [0.05, 0.1) is 24.2 Å². The number of benzene rings is 2. The number of rotatable bonds is 6. The minimum atomic E-state index is -0.264. The Morgan fingerprint density at radius 1 is 1.15 bits per heavy atom. The Labute approximate surface area is 200 Å². The van der Waals surface area contributed by atoms with Crippen molar-refractivity contribution < 1.29 is 23.5 Å². The van der Waals surface area contributed by atoms with Gasteiger partial charge in [-0.3, -0.25) is 14.5 Å². The van der Waals surface area contributed by atoms with E-state index in [9.17, 15) is 9.59 Å². The van der Waals surface area contributed by atoms with Crippen LogP contribution in [0.2, 0.25) is 0 Å². The normalized spacial score (nSPS) is 15.7. The lowest BCUT2D eigenvalue weighted by Gasteiger charge is -2.18. The van der Waals surface area contributed by atoms with Gasteiger partial charge in [0.15, 0.2) is 16.7 Å². The highest BCUT2D eigenvalue weighted by Crippen LogP contribution is 2.34. The molecule has 0 bridgehead atoms. The van der Waals surface area contributed by atoms with Crippen LogP contribution in [0.1, 0.15) is 16.9 Å². The Kier molecular flexibility index (Phi) is 6.09. The number of aliphatic imine (C=N–C) groups is 1. The van der Waals surface area contributed by atoms with Crippen LogP contribution in [0, 0.1) is 6.92 Å². The zero-order valence-corrected chi connectivity index (χ0v) is 19.1. The van der Waals surface area contributed by atoms with E-state index in [1.165, 1.54) is 16.7 Å². The Hall–Kier alpha value is -3.98. The standard InChI is InChI=1S/C25H21N3O5S/c1-16-4-7-18(8-5-16)28-24(30)20(11-17-6-9-21-22(12-17)33-15-32-21)27-25(28)34-14-23(29)26-13-19-3-2-10-31-19/h2-12H,13-15H2,1H3,(H,26,29)/b20-11+. The van der Waals surface area contributed by atoms with E-state index >= 15 is 0 Å². The second-order valence-electron chi connectivity index (χ2n) is 7.66. The van der Waals surface area contributed by atoms with Crippen LogP contribution in [-0.2, 0) is 16.1 Å². The van der Waals surface area contributed by atoms with Crippen LogP contribution >= 0.6 is 11.8 Å². The van der Waals surface area contributed by atoms with Crippen LogP contribution in [0.15, 0.2) is 76.0 Å². The van der Waals surface area contributed by atoms with Crippen LogP contribution in [0.5, 0.6) is 11.5 Å². The topological polar surface area (TPSA) is 93.4 Å². The van der Waals surface area contributed by atoms with Crippen LogP contribution in [0.25, 0.3) is 6.08 Å². The maximum Gasteiger partial charge on any atom is 0.283 e. The van der Waals surface area contributed by atoms with Gasteiger partial charge in [0.25, 0.3) is 5.91 Å². The Balaban J connectivity index is 1.36. The molecule has 2 aliphatic heterocycles. The third kappa shape index (κ3) is 4.69. The minimum Gasteiger partial charge on any atom is -0.467 e. The summed E-state index contributed by atoms with van der Waals surface area (Å²) in [5.74, 6) is 1.62. The third-order valence-corrected chi connectivity index (χ3v) is 6.13. The van der Waals surface area contributed by atoms with Crippen molar-refractivity contribution >= 4 is 40.5 Å². The molecule has 0 saturated heterocycles. The Morgan fingerprint density at radius 2 is 1.97 bits per heavy atom. The monoisotopic (exact) mass is 475 g/mol. The van der Waals surface area contributed by atoms with Crippen molar-refractivity contribution in [3.63, 3.8) is 0 Å². The molecule has 3 heterocycles. The van der Waals surface area contributed by atoms with E-state index in [0.29, 0.717) is 34.7 Å². The smallest absolute Gasteiger partial charge is 0.283 e. The molecule has 1 aromatic heterocycles. The van der Waals surface area contributed by atoms with Gasteiger partial charge in [-0.25, -0.2) is 4.99 Å². The first kappa shape index (κ1) is 21.8. The summed E-state index contributed by atoms with van der Waals surface area (Å²) < 4.78 is 16.0. The molecule has 2 amide bonds. The average Bonchev–Trinajstić information content (AvgIpc) is 3.58. The number of ether oxygens (including phenoxy) is 2. The quantitative estimate of drug-likeness (QED) is 0.540. The fourth-order valence-electron chi connectivity index (χ4n) is 3.46. The predicted octanol–water partition coefficient (Wildman–Crippen LogP) is 4.11. The molecule has 172 valence electrons. The number of nitrogens with one attached hydrogen (secondary N) is 1. The molecule has 0 saturated carbocycles. The lowest BCUT2D eigenvalue weighted by molar-refractivity contribution is -0.118. The van der Waals surface area contributed by atoms with E-state index in [0.717, 1.165) is 11.1 Å². The fourth-order valence-corrected chi connectivity index (χ4v) is 4.30. The largest absolute Gasteiger partial charge is 0.467 e. The molecule has 1 N–H and O–H groups in total. The van der Waals surface area contributed by atoms with Gasteiger partial charge in [-0.05, 0) is 55.0 Å². The molecule has 9 heteroatoms. The number of nitrogens with zero attached hydrogens (tertiary/aromatic N) is 2. The SMILES string of the molecule is Cc1ccc(N2C(=O)/C(=C\c3ccc4c(c3)OCO4)N=C2SCC(=O)NCc2ccco2)cc1. The first-order valence-corrected chi connectivity index (χ1v) is 11.6. The molecule has 34 heavy (non-hydrogen) atoms. The minimum absolute atomic E-state index is 0.104. The van der Waals surface area contributed by atoms with Crippen molar-refractivity contribution in [2.75, 3.05) is 17.4 Å². The van der Waals surface area contributed by atoms with E-state index < -0.39 is 0 Å². The molecule has 8 nitrogen and oxygen atoms in total. The van der Waals surface area contributed by atoms with Crippen molar-refractivity contribution in [2.24, 2.45) is 4.99 Å². The summed E-state index contributed by atoms with van der Waals surface area (Å²) in [6.07, 6.45) is 3.26. The number of aryl methyl sites for hydroxylation is 1. The molecule has 0 fully saturated rings. The zero-order valence-electron chi connectivity index (χ0n) is 18.3. The van der Waals surface area contributed by atoms with Crippen molar-refractivity contribution in [2.45, 2.75) is 13.5 Å². The molecule has 0 spiro atoms. The molecule has 0 unspecified atom stereocenters. The summed E-state index contributed by atoms with van der Waals surface area (Å²) >= 11 is 1.20. The Bertz CT molecular complexity index is 1280. The average molecular weight is 476 g/mol. The second-order valence-corrected chi connectivity index (χ2v) is 8.60. The summed E-state index contributed by atoms with van der Waals surface area (Å²) in [5, 5.41) is 3.24. The molecule has 3 aromatic rings. The predicted molar refractivity (Wildman–Crippen MR) is 130 cm³/mol. The molecule has 2 aromatic carbocycles. The maximum absolute atomic E-state index is 13.3. The van der Waals surface area contributed by atoms with E-state index in [2.05, 4.69) is 10.3 Å². The Morgan fingerprint density at radius 3 is 2.76 bits per heavy atom. The van der Waals surface area contributed by atoms with E-state index in [1.807, 2.05) is 43.3 Å². The number of amides is 2. The number of furan rings is 1. The lowest BCUT2D eigenvalue weighted by Crippen LogP contribution is -2.32. The van der Waals surface area contributed by atoms with Crippen molar-refractivity contribution in [3.05, 3.63) is 83.4 Å². The summed E-state index contributed by atoms with van der Waals surface area (Å²) in [4.78, 5) is 31.8. The number of hydrogen-bond donors (Lipinski definition) is 1. The van der Waals surface area contributed by atoms with Gasteiger partial charge >= 0.3 is 0 Å². The molecule has 0 atom stereocenters. The van der Waals surface area contributed by atoms with Gasteiger partial charge in [0.2, 0.25) is 12.7 Å². The van der Waals surface area contributed by atoms with E-state index in [-0.39, 0.29) is 30.1 Å². The van der Waals surface area contributed by atoms with Crippen molar-refractivity contribution in [1.82, 2.24) is 5.32 Å². The van der Waals surface area contributed by atoms with Crippen LogP contribution in [0.4, 0.5) is 5.69 Å². The highest BCUT2D eigenvalue weighted by atomic mass is 32.2. The maximum atomic E-state index is 13.3. The highest BCUT2D eigenvalue weighted by Gasteiger charge is 2.32. The number of carbonyl (C=O) groups is 2.